The van der Waals surface area contributed by atoms with Crippen LogP contribution < -0.4 is 10.6 Å². The second-order valence-electron chi connectivity index (χ2n) is 7.51. The number of aliphatic hydroxyl groups is 1. The van der Waals surface area contributed by atoms with E-state index in [4.69, 9.17) is 14.3 Å². The standard InChI is InChI=1S/C24H22N2O7/c27-20(23(29)30)9-11-25-22(28)21-19(10-12-32-21)26-24(31)33-13-18-16-7-3-1-5-14(16)15-6-2-4-8-17(15)18/h1-8,10,12,18,20,27H,9,11,13H2,(H,25,28)(H,26,31)(H,29,30)/t20-/m0/s1. The molecule has 2 aromatic carbocycles. The molecule has 1 aliphatic rings. The molecule has 9 nitrogen and oxygen atoms in total. The number of hydrogen-bond donors (Lipinski definition) is 4. The lowest BCUT2D eigenvalue weighted by Gasteiger charge is -2.14. The summed E-state index contributed by atoms with van der Waals surface area (Å²) >= 11 is 0. The quantitative estimate of drug-likeness (QED) is 0.413. The first-order chi connectivity index (χ1) is 16.0. The molecular weight excluding hydrogens is 428 g/mol. The number of nitrogens with one attached hydrogen (secondary N) is 2. The second-order valence-corrected chi connectivity index (χ2v) is 7.51. The van der Waals surface area contributed by atoms with Crippen LogP contribution in [0.15, 0.2) is 65.3 Å². The van der Waals surface area contributed by atoms with E-state index in [1.54, 1.807) is 0 Å². The maximum Gasteiger partial charge on any atom is 0.411 e. The van der Waals surface area contributed by atoms with Crippen LogP contribution in [-0.4, -0.2) is 47.4 Å². The molecule has 0 radical (unpaired) electrons. The van der Waals surface area contributed by atoms with Gasteiger partial charge in [0.05, 0.1) is 12.0 Å². The molecule has 33 heavy (non-hydrogen) atoms. The number of fused-ring (bicyclic) bond motifs is 3. The SMILES string of the molecule is O=C(Nc1ccoc1C(=O)NCC[C@H](O)C(=O)O)OCC1c2ccccc2-c2ccccc21. The Morgan fingerprint density at radius 2 is 1.64 bits per heavy atom. The van der Waals surface area contributed by atoms with Crippen LogP contribution in [0.5, 0.6) is 0 Å². The number of benzene rings is 2. The summed E-state index contributed by atoms with van der Waals surface area (Å²) in [7, 11) is 0. The lowest BCUT2D eigenvalue weighted by molar-refractivity contribution is -0.146. The summed E-state index contributed by atoms with van der Waals surface area (Å²) in [4.78, 5) is 35.3. The molecule has 0 fully saturated rings. The third-order valence-electron chi connectivity index (χ3n) is 5.44. The molecule has 0 saturated heterocycles. The van der Waals surface area contributed by atoms with Crippen LogP contribution in [0.3, 0.4) is 0 Å². The monoisotopic (exact) mass is 450 g/mol. The number of carboxylic acid groups (broad SMARTS) is 1. The van der Waals surface area contributed by atoms with Crippen molar-refractivity contribution in [3.8, 4) is 11.1 Å². The Labute approximate surface area is 189 Å². The van der Waals surface area contributed by atoms with Crippen molar-refractivity contribution in [3.63, 3.8) is 0 Å². The number of furan rings is 1. The number of amides is 2. The lowest BCUT2D eigenvalue weighted by atomic mass is 9.98. The number of ether oxygens (including phenoxy) is 1. The molecule has 4 rings (SSSR count). The highest BCUT2D eigenvalue weighted by Crippen LogP contribution is 2.44. The number of rotatable bonds is 8. The number of aliphatic hydroxyl groups excluding tert-OH is 1. The molecule has 170 valence electrons. The minimum atomic E-state index is -1.58. The van der Waals surface area contributed by atoms with Gasteiger partial charge in [-0.3, -0.25) is 10.1 Å². The molecule has 0 unspecified atom stereocenters. The topological polar surface area (TPSA) is 138 Å². The van der Waals surface area contributed by atoms with Gasteiger partial charge in [-0.05, 0) is 22.3 Å². The van der Waals surface area contributed by atoms with Crippen molar-refractivity contribution in [2.75, 3.05) is 18.5 Å². The van der Waals surface area contributed by atoms with Crippen molar-refractivity contribution in [3.05, 3.63) is 77.7 Å². The van der Waals surface area contributed by atoms with Gasteiger partial charge in [0.25, 0.3) is 5.91 Å². The summed E-state index contributed by atoms with van der Waals surface area (Å²) in [6, 6.07) is 17.4. The van der Waals surface area contributed by atoms with Gasteiger partial charge in [-0.25, -0.2) is 9.59 Å². The average molecular weight is 450 g/mol. The van der Waals surface area contributed by atoms with Crippen LogP contribution in [0.1, 0.15) is 34.0 Å². The van der Waals surface area contributed by atoms with Gasteiger partial charge in [0.15, 0.2) is 6.10 Å². The predicted molar refractivity (Wildman–Crippen MR) is 118 cm³/mol. The van der Waals surface area contributed by atoms with Crippen LogP contribution in [0.25, 0.3) is 11.1 Å². The molecule has 0 spiro atoms. The molecular formula is C24H22N2O7. The zero-order valence-corrected chi connectivity index (χ0v) is 17.5. The van der Waals surface area contributed by atoms with Gasteiger partial charge in [-0.1, -0.05) is 48.5 Å². The third-order valence-corrected chi connectivity index (χ3v) is 5.44. The first-order valence-electron chi connectivity index (χ1n) is 10.3. The Bertz CT molecular complexity index is 1140. The zero-order chi connectivity index (χ0) is 23.4. The van der Waals surface area contributed by atoms with E-state index >= 15 is 0 Å². The molecule has 1 heterocycles. The van der Waals surface area contributed by atoms with Crippen molar-refractivity contribution >= 4 is 23.7 Å². The molecule has 0 aliphatic heterocycles. The van der Waals surface area contributed by atoms with Crippen molar-refractivity contribution in [2.24, 2.45) is 0 Å². The highest BCUT2D eigenvalue weighted by atomic mass is 16.5. The molecule has 9 heteroatoms. The van der Waals surface area contributed by atoms with Gasteiger partial charge in [-0.2, -0.15) is 0 Å². The Morgan fingerprint density at radius 3 is 2.27 bits per heavy atom. The molecule has 1 aliphatic carbocycles. The fourth-order valence-electron chi connectivity index (χ4n) is 3.85. The Balaban J connectivity index is 1.36. The summed E-state index contributed by atoms with van der Waals surface area (Å²) in [5.41, 5.74) is 4.51. The predicted octanol–water partition coefficient (Wildman–Crippen LogP) is 3.21. The Kier molecular flexibility index (Phi) is 6.41. The van der Waals surface area contributed by atoms with Crippen molar-refractivity contribution in [1.29, 1.82) is 0 Å². The molecule has 1 atom stereocenters. The highest BCUT2D eigenvalue weighted by molar-refractivity contribution is 6.00. The van der Waals surface area contributed by atoms with Crippen LogP contribution in [0.4, 0.5) is 10.5 Å². The van der Waals surface area contributed by atoms with Gasteiger partial charge in [0, 0.05) is 24.9 Å². The van der Waals surface area contributed by atoms with Gasteiger partial charge in [0.1, 0.15) is 6.61 Å². The van der Waals surface area contributed by atoms with Crippen molar-refractivity contribution in [2.45, 2.75) is 18.4 Å². The maximum absolute atomic E-state index is 12.4. The average Bonchev–Trinajstić information content (AvgIpc) is 3.40. The van der Waals surface area contributed by atoms with Crippen LogP contribution in [0.2, 0.25) is 0 Å². The number of carbonyl (C=O) groups excluding carboxylic acids is 2. The van der Waals surface area contributed by atoms with Gasteiger partial charge < -0.3 is 24.7 Å². The fourth-order valence-corrected chi connectivity index (χ4v) is 3.85. The van der Waals surface area contributed by atoms with Gasteiger partial charge >= 0.3 is 12.1 Å². The van der Waals surface area contributed by atoms with E-state index in [0.717, 1.165) is 22.3 Å². The number of carbonyl (C=O) groups is 3. The smallest absolute Gasteiger partial charge is 0.411 e. The third kappa shape index (κ3) is 4.73. The first-order valence-corrected chi connectivity index (χ1v) is 10.3. The molecule has 0 bridgehead atoms. The van der Waals surface area contributed by atoms with Gasteiger partial charge in [0.2, 0.25) is 5.76 Å². The number of hydrogen-bond acceptors (Lipinski definition) is 6. The van der Waals surface area contributed by atoms with Crippen molar-refractivity contribution < 1.29 is 33.8 Å². The van der Waals surface area contributed by atoms with E-state index in [-0.39, 0.29) is 36.9 Å². The molecule has 2 amide bonds. The van der Waals surface area contributed by atoms with Crippen LogP contribution in [-0.2, 0) is 9.53 Å². The minimum Gasteiger partial charge on any atom is -0.479 e. The molecule has 3 aromatic rings. The minimum absolute atomic E-state index is 0.0859. The van der Waals surface area contributed by atoms with E-state index < -0.39 is 24.1 Å². The number of aliphatic carboxylic acids is 1. The first kappa shape index (κ1) is 22.1. The molecule has 1 aromatic heterocycles. The number of anilines is 1. The Morgan fingerprint density at radius 1 is 1.00 bits per heavy atom. The Hall–Kier alpha value is -4.11. The van der Waals surface area contributed by atoms with E-state index in [0.29, 0.717) is 0 Å². The van der Waals surface area contributed by atoms with Gasteiger partial charge in [-0.15, -0.1) is 0 Å². The van der Waals surface area contributed by atoms with Crippen LogP contribution >= 0.6 is 0 Å². The lowest BCUT2D eigenvalue weighted by Crippen LogP contribution is -2.30. The van der Waals surface area contributed by atoms with E-state index in [1.165, 1.54) is 12.3 Å². The normalized spacial score (nSPS) is 13.0. The molecule has 0 saturated carbocycles. The van der Waals surface area contributed by atoms with E-state index in [2.05, 4.69) is 10.6 Å². The fraction of sp³-hybridized carbons (Fsp3) is 0.208. The summed E-state index contributed by atoms with van der Waals surface area (Å²) in [6.45, 7) is 0.0315. The van der Waals surface area contributed by atoms with E-state index in [1.807, 2.05) is 48.5 Å². The van der Waals surface area contributed by atoms with Crippen molar-refractivity contribution in [1.82, 2.24) is 5.32 Å². The summed E-state index contributed by atoms with van der Waals surface area (Å²) in [5.74, 6) is -2.30. The maximum atomic E-state index is 12.4. The highest BCUT2D eigenvalue weighted by Gasteiger charge is 2.29. The largest absolute Gasteiger partial charge is 0.479 e. The van der Waals surface area contributed by atoms with E-state index in [9.17, 15) is 19.5 Å². The molecule has 4 N–H and O–H groups in total. The van der Waals surface area contributed by atoms with Crippen LogP contribution in [0, 0.1) is 0 Å². The number of carboxylic acids is 1. The summed E-state index contributed by atoms with van der Waals surface area (Å²) in [5, 5.41) is 22.9. The second kappa shape index (κ2) is 9.58. The zero-order valence-electron chi connectivity index (χ0n) is 17.5. The summed E-state index contributed by atoms with van der Waals surface area (Å²) in [6.07, 6.45) is -1.26. The summed E-state index contributed by atoms with van der Waals surface area (Å²) < 4.78 is 10.6.